The monoisotopic (exact) mass is 348 g/mol. The van der Waals surface area contributed by atoms with Crippen LogP contribution in [0, 0.1) is 0 Å². The molecule has 0 aliphatic heterocycles. The molecule has 0 saturated heterocycles. The summed E-state index contributed by atoms with van der Waals surface area (Å²) in [4.78, 5) is 28.2. The maximum absolute atomic E-state index is 12.4. The van der Waals surface area contributed by atoms with Crippen LogP contribution in [0.5, 0.6) is 0 Å². The van der Waals surface area contributed by atoms with Gasteiger partial charge in [0.05, 0.1) is 5.52 Å². The lowest BCUT2D eigenvalue weighted by atomic mass is 10.0. The minimum atomic E-state index is -1.03. The summed E-state index contributed by atoms with van der Waals surface area (Å²) in [5, 5.41) is 12.9. The van der Waals surface area contributed by atoms with Crippen LogP contribution in [0.2, 0.25) is 0 Å². The van der Waals surface area contributed by atoms with Crippen molar-refractivity contribution in [3.8, 4) is 0 Å². The van der Waals surface area contributed by atoms with Crippen molar-refractivity contribution >= 4 is 22.8 Å². The number of aromatic nitrogens is 1. The minimum absolute atomic E-state index is 0.220. The Morgan fingerprint density at radius 3 is 2.46 bits per heavy atom. The Labute approximate surface area is 151 Å². The summed E-state index contributed by atoms with van der Waals surface area (Å²) >= 11 is 0. The number of para-hydroxylation sites is 1. The molecule has 132 valence electrons. The summed E-state index contributed by atoms with van der Waals surface area (Å²) in [5.74, 6) is -1.50. The molecule has 0 aliphatic carbocycles. The van der Waals surface area contributed by atoms with Gasteiger partial charge in [0.25, 0.3) is 5.91 Å². The number of rotatable bonds is 7. The fourth-order valence-electron chi connectivity index (χ4n) is 2.84. The van der Waals surface area contributed by atoms with E-state index in [1.807, 2.05) is 60.7 Å². The Morgan fingerprint density at radius 1 is 0.962 bits per heavy atom. The smallest absolute Gasteiger partial charge is 0.326 e. The molecule has 0 fully saturated rings. The van der Waals surface area contributed by atoms with Gasteiger partial charge in [0, 0.05) is 5.39 Å². The molecular weight excluding hydrogens is 328 g/mol. The molecule has 26 heavy (non-hydrogen) atoms. The molecule has 1 heterocycles. The van der Waals surface area contributed by atoms with Crippen LogP contribution in [-0.2, 0) is 11.2 Å². The van der Waals surface area contributed by atoms with Crippen molar-refractivity contribution in [2.45, 2.75) is 25.3 Å². The van der Waals surface area contributed by atoms with E-state index in [0.29, 0.717) is 18.4 Å². The van der Waals surface area contributed by atoms with Gasteiger partial charge in [-0.25, -0.2) is 9.78 Å². The molecule has 1 aromatic heterocycles. The first-order valence-electron chi connectivity index (χ1n) is 8.57. The number of carboxylic acids is 1. The maximum atomic E-state index is 12.4. The van der Waals surface area contributed by atoms with Gasteiger partial charge < -0.3 is 10.4 Å². The van der Waals surface area contributed by atoms with Crippen molar-refractivity contribution in [2.75, 3.05) is 0 Å². The number of fused-ring (bicyclic) bond motifs is 1. The molecule has 3 rings (SSSR count). The minimum Gasteiger partial charge on any atom is -0.480 e. The summed E-state index contributed by atoms with van der Waals surface area (Å²) in [6.45, 7) is 0. The molecule has 2 N–H and O–H groups in total. The van der Waals surface area contributed by atoms with Crippen LogP contribution >= 0.6 is 0 Å². The van der Waals surface area contributed by atoms with E-state index in [9.17, 15) is 14.7 Å². The van der Waals surface area contributed by atoms with Crippen LogP contribution in [0.4, 0.5) is 0 Å². The van der Waals surface area contributed by atoms with E-state index >= 15 is 0 Å². The quantitative estimate of drug-likeness (QED) is 0.685. The highest BCUT2D eigenvalue weighted by atomic mass is 16.4. The number of hydrogen-bond acceptors (Lipinski definition) is 3. The highest BCUT2D eigenvalue weighted by molar-refractivity contribution is 5.96. The first-order chi connectivity index (χ1) is 12.6. The Morgan fingerprint density at radius 2 is 1.69 bits per heavy atom. The molecule has 0 aliphatic rings. The fraction of sp³-hybridized carbons (Fsp3) is 0.190. The Bertz CT molecular complexity index is 909. The van der Waals surface area contributed by atoms with E-state index in [0.717, 1.165) is 17.4 Å². The van der Waals surface area contributed by atoms with Gasteiger partial charge in [0.15, 0.2) is 0 Å². The number of pyridine rings is 1. The topological polar surface area (TPSA) is 79.3 Å². The summed E-state index contributed by atoms with van der Waals surface area (Å²) in [7, 11) is 0. The average Bonchev–Trinajstić information content (AvgIpc) is 2.67. The third-order valence-corrected chi connectivity index (χ3v) is 4.24. The lowest BCUT2D eigenvalue weighted by Gasteiger charge is -2.14. The first kappa shape index (κ1) is 17.6. The van der Waals surface area contributed by atoms with E-state index < -0.39 is 17.9 Å². The molecule has 3 aromatic rings. The zero-order chi connectivity index (χ0) is 18.4. The number of hydrogen-bond donors (Lipinski definition) is 2. The van der Waals surface area contributed by atoms with Gasteiger partial charge in [-0.2, -0.15) is 0 Å². The molecule has 0 bridgehead atoms. The summed E-state index contributed by atoms with van der Waals surface area (Å²) in [5.41, 5.74) is 2.08. The SMILES string of the molecule is O=C(N[C@H](CCCc1ccccc1)C(=O)O)c1ccc2ccccc2n1. The lowest BCUT2D eigenvalue weighted by molar-refractivity contribution is -0.139. The Balaban J connectivity index is 1.62. The van der Waals surface area contributed by atoms with E-state index in [1.54, 1.807) is 6.07 Å². The van der Waals surface area contributed by atoms with Gasteiger partial charge >= 0.3 is 5.97 Å². The second-order valence-corrected chi connectivity index (χ2v) is 6.13. The Kier molecular flexibility index (Phi) is 5.59. The van der Waals surface area contributed by atoms with Gasteiger partial charge in [0.2, 0.25) is 0 Å². The highest BCUT2D eigenvalue weighted by Crippen LogP contribution is 2.12. The second kappa shape index (κ2) is 8.25. The zero-order valence-electron chi connectivity index (χ0n) is 14.3. The lowest BCUT2D eigenvalue weighted by Crippen LogP contribution is -2.41. The normalized spacial score (nSPS) is 11.8. The number of nitrogens with zero attached hydrogens (tertiary/aromatic N) is 1. The zero-order valence-corrected chi connectivity index (χ0v) is 14.3. The third kappa shape index (κ3) is 4.45. The molecule has 0 radical (unpaired) electrons. The number of nitrogens with one attached hydrogen (secondary N) is 1. The molecule has 1 atom stereocenters. The van der Waals surface area contributed by atoms with Crippen LogP contribution in [0.1, 0.15) is 28.9 Å². The second-order valence-electron chi connectivity index (χ2n) is 6.13. The summed E-state index contributed by atoms with van der Waals surface area (Å²) < 4.78 is 0. The Hall–Kier alpha value is -3.21. The van der Waals surface area contributed by atoms with Gasteiger partial charge in [-0.05, 0) is 37.0 Å². The largest absolute Gasteiger partial charge is 0.480 e. The molecule has 0 unspecified atom stereocenters. The first-order valence-corrected chi connectivity index (χ1v) is 8.57. The molecule has 5 heteroatoms. The van der Waals surface area contributed by atoms with Crippen LogP contribution in [-0.4, -0.2) is 28.0 Å². The van der Waals surface area contributed by atoms with Crippen molar-refractivity contribution in [3.63, 3.8) is 0 Å². The van der Waals surface area contributed by atoms with Gasteiger partial charge in [-0.3, -0.25) is 4.79 Å². The number of aryl methyl sites for hydroxylation is 1. The van der Waals surface area contributed by atoms with E-state index in [-0.39, 0.29) is 5.69 Å². The molecule has 5 nitrogen and oxygen atoms in total. The van der Waals surface area contributed by atoms with E-state index in [1.165, 1.54) is 0 Å². The molecular formula is C21H20N2O3. The number of carbonyl (C=O) groups is 2. The molecule has 0 saturated carbocycles. The highest BCUT2D eigenvalue weighted by Gasteiger charge is 2.21. The van der Waals surface area contributed by atoms with E-state index in [2.05, 4.69) is 10.3 Å². The van der Waals surface area contributed by atoms with Crippen molar-refractivity contribution in [1.82, 2.24) is 10.3 Å². The predicted octanol–water partition coefficient (Wildman–Crippen LogP) is 3.44. The number of carboxylic acid groups (broad SMARTS) is 1. The van der Waals surface area contributed by atoms with Crippen LogP contribution in [0.3, 0.4) is 0 Å². The fourth-order valence-corrected chi connectivity index (χ4v) is 2.84. The number of benzene rings is 2. The average molecular weight is 348 g/mol. The number of carbonyl (C=O) groups excluding carboxylic acids is 1. The van der Waals surface area contributed by atoms with Crippen molar-refractivity contribution in [2.24, 2.45) is 0 Å². The molecule has 0 spiro atoms. The predicted molar refractivity (Wildman–Crippen MR) is 100 cm³/mol. The van der Waals surface area contributed by atoms with Gasteiger partial charge in [0.1, 0.15) is 11.7 Å². The summed E-state index contributed by atoms with van der Waals surface area (Å²) in [6.07, 6.45) is 1.81. The van der Waals surface area contributed by atoms with E-state index in [4.69, 9.17) is 0 Å². The van der Waals surface area contributed by atoms with Crippen molar-refractivity contribution in [3.05, 3.63) is 78.0 Å². The molecule has 2 aromatic carbocycles. The third-order valence-electron chi connectivity index (χ3n) is 4.24. The van der Waals surface area contributed by atoms with Crippen molar-refractivity contribution < 1.29 is 14.7 Å². The maximum Gasteiger partial charge on any atom is 0.326 e. The van der Waals surface area contributed by atoms with Crippen molar-refractivity contribution in [1.29, 1.82) is 0 Å². The number of amides is 1. The van der Waals surface area contributed by atoms with Crippen LogP contribution < -0.4 is 5.32 Å². The summed E-state index contributed by atoms with van der Waals surface area (Å²) in [6, 6.07) is 19.8. The van der Waals surface area contributed by atoms with Gasteiger partial charge in [-0.1, -0.05) is 54.6 Å². The van der Waals surface area contributed by atoms with Crippen LogP contribution in [0.25, 0.3) is 10.9 Å². The molecule has 1 amide bonds. The standard InChI is InChI=1S/C21H20N2O3/c24-20(18-14-13-16-10-4-5-11-17(16)22-18)23-19(21(25)26)12-6-9-15-7-2-1-3-8-15/h1-5,7-8,10-11,13-14,19H,6,9,12H2,(H,23,24)(H,25,26)/t19-/m1/s1. The number of aliphatic carboxylic acids is 1. The van der Waals surface area contributed by atoms with Gasteiger partial charge in [-0.15, -0.1) is 0 Å². The van der Waals surface area contributed by atoms with Crippen LogP contribution in [0.15, 0.2) is 66.7 Å².